The summed E-state index contributed by atoms with van der Waals surface area (Å²) in [5.74, 6) is 5.94. The van der Waals surface area contributed by atoms with Crippen LogP contribution in [0, 0.1) is 29.0 Å². The van der Waals surface area contributed by atoms with E-state index in [4.69, 9.17) is 4.43 Å². The first kappa shape index (κ1) is 19.9. The van der Waals surface area contributed by atoms with Crippen molar-refractivity contribution in [3.63, 3.8) is 0 Å². The smallest absolute Gasteiger partial charge is 0.194 e. The summed E-state index contributed by atoms with van der Waals surface area (Å²) < 4.78 is 19.6. The van der Waals surface area contributed by atoms with Gasteiger partial charge < -0.3 is 4.43 Å². The maximum Gasteiger partial charge on any atom is 0.194 e. The number of halogens is 1. The van der Waals surface area contributed by atoms with Crippen LogP contribution < -0.4 is 0 Å². The van der Waals surface area contributed by atoms with Crippen molar-refractivity contribution in [3.05, 3.63) is 71.0 Å². The zero-order valence-corrected chi connectivity index (χ0v) is 16.9. The van der Waals surface area contributed by atoms with Crippen LogP contribution in [0.25, 0.3) is 0 Å². The van der Waals surface area contributed by atoms with Gasteiger partial charge in [0.2, 0.25) is 0 Å². The Bertz CT molecular complexity index is 864. The van der Waals surface area contributed by atoms with Crippen LogP contribution in [-0.2, 0) is 4.43 Å². The van der Waals surface area contributed by atoms with Crippen molar-refractivity contribution in [2.24, 2.45) is 0 Å². The Morgan fingerprint density at radius 1 is 1.04 bits per heavy atom. The zero-order chi connectivity index (χ0) is 19.4. The zero-order valence-electron chi connectivity index (χ0n) is 15.9. The van der Waals surface area contributed by atoms with E-state index in [9.17, 15) is 9.65 Å². The highest BCUT2D eigenvalue weighted by Crippen LogP contribution is 2.40. The molecule has 0 fully saturated rings. The average Bonchev–Trinajstić information content (AvgIpc) is 2.59. The molecule has 2 rings (SSSR count). The fourth-order valence-electron chi connectivity index (χ4n) is 2.15. The lowest BCUT2D eigenvalue weighted by Gasteiger charge is -2.38. The van der Waals surface area contributed by atoms with Crippen LogP contribution >= 0.6 is 0 Å². The highest BCUT2D eigenvalue weighted by atomic mass is 28.4. The van der Waals surface area contributed by atoms with Crippen molar-refractivity contribution >= 4 is 8.32 Å². The van der Waals surface area contributed by atoms with Crippen LogP contribution in [0.5, 0.6) is 0 Å². The summed E-state index contributed by atoms with van der Waals surface area (Å²) in [6.07, 6.45) is -0.503. The summed E-state index contributed by atoms with van der Waals surface area (Å²) in [4.78, 5) is 0. The van der Waals surface area contributed by atoms with Crippen molar-refractivity contribution in [2.45, 2.75) is 45.0 Å². The van der Waals surface area contributed by atoms with Crippen molar-refractivity contribution in [3.8, 4) is 17.9 Å². The van der Waals surface area contributed by atoms with Crippen LogP contribution in [0.1, 0.15) is 43.6 Å². The van der Waals surface area contributed by atoms with E-state index in [0.29, 0.717) is 11.1 Å². The van der Waals surface area contributed by atoms with Crippen LogP contribution in [-0.4, -0.2) is 8.32 Å². The molecule has 2 aromatic carbocycles. The van der Waals surface area contributed by atoms with E-state index in [1.165, 1.54) is 12.1 Å². The third-order valence-electron chi connectivity index (χ3n) is 4.77. The van der Waals surface area contributed by atoms with Gasteiger partial charge >= 0.3 is 0 Å². The molecule has 0 radical (unpaired) electrons. The molecular formula is C22H24FNOSi. The molecule has 2 nitrogen and oxygen atoms in total. The molecular weight excluding hydrogens is 341 g/mol. The minimum Gasteiger partial charge on any atom is -0.399 e. The minimum absolute atomic E-state index is 0.0182. The number of nitrogens with zero attached hydrogens (tertiary/aromatic N) is 1. The largest absolute Gasteiger partial charge is 0.399 e. The van der Waals surface area contributed by atoms with Crippen LogP contribution in [0.2, 0.25) is 18.1 Å². The number of hydrogen-bond acceptors (Lipinski definition) is 2. The van der Waals surface area contributed by atoms with Gasteiger partial charge in [-0.25, -0.2) is 4.39 Å². The third kappa shape index (κ3) is 4.82. The minimum atomic E-state index is -2.11. The van der Waals surface area contributed by atoms with E-state index >= 15 is 0 Å². The predicted molar refractivity (Wildman–Crippen MR) is 105 cm³/mol. The second-order valence-corrected chi connectivity index (χ2v) is 12.5. The standard InChI is InChI=1S/C22H24FNOSi/c1-22(2,3)26(4,5)25-21(20-9-7-6-8-18(20)16-24)15-12-17-10-13-19(23)14-11-17/h6-11,13-14,21H,1-5H3. The van der Waals surface area contributed by atoms with Crippen LogP contribution in [0.15, 0.2) is 48.5 Å². The molecule has 0 saturated heterocycles. The predicted octanol–water partition coefficient (Wildman–Crippen LogP) is 5.81. The molecule has 0 aliphatic rings. The fourth-order valence-corrected chi connectivity index (χ4v) is 3.28. The highest BCUT2D eigenvalue weighted by molar-refractivity contribution is 6.74. The SMILES string of the molecule is CC(C)(C)[Si](C)(C)OC(C#Cc1ccc(F)cc1)c1ccccc1C#N. The third-order valence-corrected chi connectivity index (χ3v) is 9.21. The van der Waals surface area contributed by atoms with Gasteiger partial charge in [-0.05, 0) is 48.5 Å². The molecule has 0 aromatic heterocycles. The van der Waals surface area contributed by atoms with E-state index < -0.39 is 14.4 Å². The van der Waals surface area contributed by atoms with Gasteiger partial charge in [0.05, 0.1) is 11.6 Å². The fraction of sp³-hybridized carbons (Fsp3) is 0.318. The number of benzene rings is 2. The summed E-state index contributed by atoms with van der Waals surface area (Å²) >= 11 is 0. The van der Waals surface area contributed by atoms with Gasteiger partial charge in [-0.15, -0.1) is 0 Å². The first-order chi connectivity index (χ1) is 12.1. The molecule has 26 heavy (non-hydrogen) atoms. The first-order valence-electron chi connectivity index (χ1n) is 8.58. The van der Waals surface area contributed by atoms with E-state index in [0.717, 1.165) is 5.56 Å². The molecule has 0 aliphatic carbocycles. The quantitative estimate of drug-likeness (QED) is 0.508. The molecule has 0 heterocycles. The molecule has 2 aromatic rings. The second-order valence-electron chi connectivity index (χ2n) is 7.73. The van der Waals surface area contributed by atoms with Gasteiger partial charge in [0.1, 0.15) is 11.9 Å². The van der Waals surface area contributed by atoms with Gasteiger partial charge in [-0.3, -0.25) is 0 Å². The van der Waals surface area contributed by atoms with Gasteiger partial charge in [0.15, 0.2) is 8.32 Å². The van der Waals surface area contributed by atoms with Gasteiger partial charge in [0.25, 0.3) is 0 Å². The number of rotatable bonds is 3. The molecule has 134 valence electrons. The Labute approximate surface area is 156 Å². The Balaban J connectivity index is 2.46. The van der Waals surface area contributed by atoms with E-state index in [1.54, 1.807) is 18.2 Å². The van der Waals surface area contributed by atoms with Gasteiger partial charge in [-0.2, -0.15) is 5.26 Å². The summed E-state index contributed by atoms with van der Waals surface area (Å²) in [7, 11) is -2.11. The average molecular weight is 366 g/mol. The normalized spacial score (nSPS) is 12.7. The monoisotopic (exact) mass is 365 g/mol. The lowest BCUT2D eigenvalue weighted by Crippen LogP contribution is -2.41. The molecule has 0 bridgehead atoms. The molecule has 0 amide bonds. The van der Waals surface area contributed by atoms with Crippen molar-refractivity contribution < 1.29 is 8.82 Å². The topological polar surface area (TPSA) is 33.0 Å². The van der Waals surface area contributed by atoms with Crippen molar-refractivity contribution in [1.82, 2.24) is 0 Å². The summed E-state index contributed by atoms with van der Waals surface area (Å²) in [6.45, 7) is 10.8. The molecule has 0 saturated carbocycles. The number of hydrogen-bond donors (Lipinski definition) is 0. The second kappa shape index (κ2) is 7.87. The Morgan fingerprint density at radius 2 is 1.65 bits per heavy atom. The van der Waals surface area contributed by atoms with Crippen molar-refractivity contribution in [2.75, 3.05) is 0 Å². The first-order valence-corrected chi connectivity index (χ1v) is 11.5. The highest BCUT2D eigenvalue weighted by Gasteiger charge is 2.39. The van der Waals surface area contributed by atoms with E-state index in [1.807, 2.05) is 18.2 Å². The molecule has 1 unspecified atom stereocenters. The van der Waals surface area contributed by atoms with Gasteiger partial charge in [0, 0.05) is 11.1 Å². The number of nitriles is 1. The molecule has 0 N–H and O–H groups in total. The van der Waals surface area contributed by atoms with E-state index in [-0.39, 0.29) is 10.9 Å². The van der Waals surface area contributed by atoms with Crippen molar-refractivity contribution in [1.29, 1.82) is 5.26 Å². The van der Waals surface area contributed by atoms with E-state index in [2.05, 4.69) is 51.8 Å². The van der Waals surface area contributed by atoms with Crippen LogP contribution in [0.3, 0.4) is 0 Å². The lowest BCUT2D eigenvalue weighted by molar-refractivity contribution is 0.238. The maximum atomic E-state index is 13.1. The summed E-state index contributed by atoms with van der Waals surface area (Å²) in [5, 5.41) is 9.48. The molecule has 0 spiro atoms. The summed E-state index contributed by atoms with van der Waals surface area (Å²) in [6, 6.07) is 15.7. The Hall–Kier alpha value is -2.40. The van der Waals surface area contributed by atoms with Crippen LogP contribution in [0.4, 0.5) is 4.39 Å². The lowest BCUT2D eigenvalue weighted by atomic mass is 10.0. The van der Waals surface area contributed by atoms with Gasteiger partial charge in [-0.1, -0.05) is 50.8 Å². The molecule has 1 atom stereocenters. The maximum absolute atomic E-state index is 13.1. The molecule has 4 heteroatoms. The molecule has 0 aliphatic heterocycles. The summed E-state index contributed by atoms with van der Waals surface area (Å²) in [5.41, 5.74) is 2.05. The Morgan fingerprint density at radius 3 is 2.23 bits per heavy atom. The Kier molecular flexibility index (Phi) is 6.03.